The topological polar surface area (TPSA) is 408 Å². The molecule has 0 spiro atoms. The van der Waals surface area contributed by atoms with Gasteiger partial charge in [0.05, 0.1) is 31.4 Å². The highest BCUT2D eigenvalue weighted by Gasteiger charge is 2.51. The van der Waals surface area contributed by atoms with Crippen molar-refractivity contribution in [1.29, 1.82) is 0 Å². The van der Waals surface area contributed by atoms with Crippen molar-refractivity contribution in [3.8, 4) is 5.75 Å². The molecule has 0 aromatic heterocycles. The Hall–Kier alpha value is -5.74. The fraction of sp³-hybridized carbons (Fsp3) is 0.622. The molecule has 0 radical (unpaired) electrons. The van der Waals surface area contributed by atoms with Crippen molar-refractivity contribution in [2.75, 3.05) is 39.4 Å². The summed E-state index contributed by atoms with van der Waals surface area (Å²) in [5.41, 5.74) is 28.3. The second-order valence-electron chi connectivity index (χ2n) is 15.1. The molecule has 8 amide bonds. The minimum atomic E-state index is -1.60. The quantitative estimate of drug-likeness (QED) is 0.0269. The van der Waals surface area contributed by atoms with Crippen molar-refractivity contribution >= 4 is 42.1 Å². The lowest BCUT2D eigenvalue weighted by Gasteiger charge is -2.44. The van der Waals surface area contributed by atoms with Gasteiger partial charge in [-0.05, 0) is 69.6 Å². The lowest BCUT2D eigenvalue weighted by molar-refractivity contribution is -0.260. The average Bonchev–Trinajstić information content (AvgIpc) is 3.62. The third kappa shape index (κ3) is 13.9. The SMILES string of the molecule is CC1OC(Oc2ccc(C=CC(=O)NCCCNCCCCN)cc2)C(N=C(N)N)C(O)C1NC(=O)NC1OCC(OC2OCC3OC(=O)NC3C2NC(N)=O)C(O)C1NC(N)=O. The minimum absolute atomic E-state index is 0.127. The molecule has 63 heavy (non-hydrogen) atoms. The molecule has 4 fully saturated rings. The molecule has 13 unspecified atom stereocenters. The van der Waals surface area contributed by atoms with E-state index in [0.717, 1.165) is 32.4 Å². The normalized spacial score (nSPS) is 31.4. The zero-order valence-corrected chi connectivity index (χ0v) is 34.6. The van der Waals surface area contributed by atoms with Crippen LogP contribution in [-0.2, 0) is 28.5 Å². The summed E-state index contributed by atoms with van der Waals surface area (Å²) in [5, 5.41) is 41.4. The first-order valence-corrected chi connectivity index (χ1v) is 20.4. The van der Waals surface area contributed by atoms with Crippen molar-refractivity contribution in [1.82, 2.24) is 37.2 Å². The van der Waals surface area contributed by atoms with E-state index in [1.165, 1.54) is 6.08 Å². The molecule has 350 valence electrons. The van der Waals surface area contributed by atoms with Gasteiger partial charge < -0.3 is 105 Å². The fourth-order valence-electron chi connectivity index (χ4n) is 7.33. The van der Waals surface area contributed by atoms with Crippen LogP contribution in [0.2, 0.25) is 0 Å². The van der Waals surface area contributed by atoms with Crippen LogP contribution in [0.15, 0.2) is 35.3 Å². The molecule has 4 heterocycles. The molecule has 26 nitrogen and oxygen atoms in total. The summed E-state index contributed by atoms with van der Waals surface area (Å²) in [6.07, 6.45) is -4.84. The highest BCUT2D eigenvalue weighted by molar-refractivity contribution is 5.91. The summed E-state index contributed by atoms with van der Waals surface area (Å²) in [6, 6.07) is -1.96. The van der Waals surface area contributed by atoms with E-state index in [1.807, 2.05) is 0 Å². The van der Waals surface area contributed by atoms with Crippen molar-refractivity contribution < 1.29 is 62.6 Å². The van der Waals surface area contributed by atoms with E-state index in [4.69, 9.17) is 57.1 Å². The second-order valence-corrected chi connectivity index (χ2v) is 15.1. The van der Waals surface area contributed by atoms with Gasteiger partial charge in [0.2, 0.25) is 12.2 Å². The zero-order valence-electron chi connectivity index (χ0n) is 34.6. The predicted molar refractivity (Wildman–Crippen MR) is 221 cm³/mol. The summed E-state index contributed by atoms with van der Waals surface area (Å²) >= 11 is 0. The van der Waals surface area contributed by atoms with Crippen molar-refractivity contribution in [2.24, 2.45) is 33.7 Å². The minimum Gasteiger partial charge on any atom is -0.462 e. The maximum atomic E-state index is 13.4. The number of fused-ring (bicyclic) bond motifs is 1. The van der Waals surface area contributed by atoms with E-state index < -0.39 is 110 Å². The molecule has 1 aromatic carbocycles. The number of alkyl carbamates (subject to hydrolysis) is 1. The van der Waals surface area contributed by atoms with Gasteiger partial charge in [0.1, 0.15) is 48.3 Å². The van der Waals surface area contributed by atoms with E-state index in [-0.39, 0.29) is 19.1 Å². The molecule has 0 aliphatic carbocycles. The number of benzene rings is 1. The summed E-state index contributed by atoms with van der Waals surface area (Å²) < 4.78 is 34.6. The van der Waals surface area contributed by atoms with Crippen LogP contribution < -0.4 is 70.6 Å². The van der Waals surface area contributed by atoms with Gasteiger partial charge in [0.25, 0.3) is 0 Å². The van der Waals surface area contributed by atoms with Gasteiger partial charge in [-0.2, -0.15) is 0 Å². The maximum absolute atomic E-state index is 13.4. The first kappa shape index (κ1) is 48.3. The van der Waals surface area contributed by atoms with E-state index in [0.29, 0.717) is 24.4 Å². The zero-order chi connectivity index (χ0) is 45.6. The van der Waals surface area contributed by atoms with Crippen LogP contribution in [0.4, 0.5) is 19.2 Å². The number of hydrogen-bond acceptors (Lipinski definition) is 16. The average molecular weight is 894 g/mol. The highest BCUT2D eigenvalue weighted by atomic mass is 16.7. The fourth-order valence-corrected chi connectivity index (χ4v) is 7.33. The summed E-state index contributed by atoms with van der Waals surface area (Å²) in [7, 11) is 0. The van der Waals surface area contributed by atoms with Crippen LogP contribution in [0.1, 0.15) is 31.7 Å². The van der Waals surface area contributed by atoms with E-state index in [1.54, 1.807) is 37.3 Å². The molecule has 13 atom stereocenters. The molecule has 0 saturated carbocycles. The van der Waals surface area contributed by atoms with Gasteiger partial charge in [0, 0.05) is 12.6 Å². The van der Waals surface area contributed by atoms with Crippen LogP contribution in [0.3, 0.4) is 0 Å². The van der Waals surface area contributed by atoms with Gasteiger partial charge in [-0.1, -0.05) is 12.1 Å². The number of aliphatic hydroxyl groups is 2. The number of amides is 8. The number of nitrogens with two attached hydrogens (primary N) is 5. The maximum Gasteiger partial charge on any atom is 0.407 e. The van der Waals surface area contributed by atoms with E-state index >= 15 is 0 Å². The number of aliphatic hydroxyl groups excluding tert-OH is 2. The van der Waals surface area contributed by atoms with Crippen LogP contribution in [0.5, 0.6) is 5.75 Å². The van der Waals surface area contributed by atoms with Crippen LogP contribution in [0, 0.1) is 0 Å². The molecule has 4 aliphatic rings. The monoisotopic (exact) mass is 893 g/mol. The molecule has 19 N–H and O–H groups in total. The number of carbonyl (C=O) groups excluding carboxylic acids is 5. The number of aliphatic imine (C=N–C) groups is 1. The molecule has 1 aromatic rings. The largest absolute Gasteiger partial charge is 0.462 e. The smallest absolute Gasteiger partial charge is 0.407 e. The Balaban J connectivity index is 1.15. The Morgan fingerprint density at radius 3 is 2.29 bits per heavy atom. The van der Waals surface area contributed by atoms with Gasteiger partial charge in [0.15, 0.2) is 18.5 Å². The summed E-state index contributed by atoms with van der Waals surface area (Å²) in [6.45, 7) is 3.91. The Morgan fingerprint density at radius 2 is 1.59 bits per heavy atom. The van der Waals surface area contributed by atoms with Crippen LogP contribution in [0.25, 0.3) is 6.08 Å². The molecule has 26 heteroatoms. The number of rotatable bonds is 19. The second kappa shape index (κ2) is 23.1. The Labute approximate surface area is 362 Å². The molecule has 5 rings (SSSR count). The number of hydrogen-bond donors (Lipinski definition) is 14. The third-order valence-corrected chi connectivity index (χ3v) is 10.4. The third-order valence-electron chi connectivity index (χ3n) is 10.4. The highest BCUT2D eigenvalue weighted by Crippen LogP contribution is 2.29. The van der Waals surface area contributed by atoms with E-state index in [2.05, 4.69) is 42.2 Å². The Kier molecular flexibility index (Phi) is 17.7. The molecule has 0 bridgehead atoms. The molecular formula is C37H59N13O13. The first-order chi connectivity index (χ1) is 30.1. The number of nitrogens with one attached hydrogen (secondary N) is 7. The number of primary amides is 2. The lowest BCUT2D eigenvalue weighted by Crippen LogP contribution is -2.70. The van der Waals surface area contributed by atoms with Crippen LogP contribution in [-0.4, -0.2) is 165 Å². The van der Waals surface area contributed by atoms with Gasteiger partial charge in [-0.3, -0.25) is 4.79 Å². The summed E-state index contributed by atoms with van der Waals surface area (Å²) in [5.74, 6) is -0.317. The number of urea groups is 3. The summed E-state index contributed by atoms with van der Waals surface area (Å²) in [4.78, 5) is 65.5. The van der Waals surface area contributed by atoms with Crippen molar-refractivity contribution in [3.63, 3.8) is 0 Å². The molecule has 4 saturated heterocycles. The van der Waals surface area contributed by atoms with Gasteiger partial charge in [-0.25, -0.2) is 24.2 Å². The lowest BCUT2D eigenvalue weighted by atomic mass is 9.95. The molecule has 4 aliphatic heterocycles. The predicted octanol–water partition coefficient (Wildman–Crippen LogP) is -4.66. The Bertz CT molecular complexity index is 1770. The van der Waals surface area contributed by atoms with Crippen LogP contribution >= 0.6 is 0 Å². The number of carbonyl (C=O) groups is 5. The molecular weight excluding hydrogens is 834 g/mol. The first-order valence-electron chi connectivity index (χ1n) is 20.4. The number of unbranched alkanes of at least 4 members (excludes halogenated alkanes) is 1. The number of guanidine groups is 1. The van der Waals surface area contributed by atoms with Crippen molar-refractivity contribution in [3.05, 3.63) is 35.9 Å². The Morgan fingerprint density at radius 1 is 0.873 bits per heavy atom. The van der Waals surface area contributed by atoms with Gasteiger partial charge in [-0.15, -0.1) is 0 Å². The standard InChI is InChI=1S/C37H59N13O13/c1-17-23(29(53)27(45-33(39)40)32(60-17)61-19-8-5-18(6-9-19)7-10-22(51)44-14-4-13-43-12-3-2-11-38)48-36(56)50-30-26(47-35(42)55)28(52)21(16-58-30)62-31-25(46-34(41)54)24-20(15-59-31)63-37(57)49-24/h5-10,17,20-21,23-32,43,52-53H,2-4,11-16,38H2,1H3,(H,44,51)(H,49,57)(H4,39,40,45)(H3,41,46,54)(H3,42,47,55)(H2,48,50,56). The number of nitrogens with zero attached hydrogens (tertiary/aromatic N) is 1. The number of ether oxygens (including phenoxy) is 6. The van der Waals surface area contributed by atoms with Gasteiger partial charge >= 0.3 is 24.2 Å². The van der Waals surface area contributed by atoms with E-state index in [9.17, 15) is 34.2 Å². The van der Waals surface area contributed by atoms with Crippen molar-refractivity contribution in [2.45, 2.75) is 106 Å².